The van der Waals surface area contributed by atoms with Crippen LogP contribution in [0.2, 0.25) is 0 Å². The Morgan fingerprint density at radius 1 is 1.19 bits per heavy atom. The van der Waals surface area contributed by atoms with Crippen LogP contribution in [0.5, 0.6) is 0 Å². The molecule has 0 aliphatic carbocycles. The van der Waals surface area contributed by atoms with Crippen LogP contribution >= 0.6 is 0 Å². The molecule has 2 saturated heterocycles. The van der Waals surface area contributed by atoms with Gasteiger partial charge in [0.05, 0.1) is 6.10 Å². The number of nitrogens with zero attached hydrogens (tertiary/aromatic N) is 2. The summed E-state index contributed by atoms with van der Waals surface area (Å²) >= 11 is 0. The lowest BCUT2D eigenvalue weighted by atomic mass is 9.89. The van der Waals surface area contributed by atoms with Gasteiger partial charge in [-0.1, -0.05) is 36.8 Å². The quantitative estimate of drug-likeness (QED) is 0.595. The van der Waals surface area contributed by atoms with Gasteiger partial charge in [-0.2, -0.15) is 0 Å². The monoisotopic (exact) mass is 372 g/mol. The maximum Gasteiger partial charge on any atom is 0.190 e. The van der Waals surface area contributed by atoms with E-state index in [4.69, 9.17) is 4.74 Å². The maximum atomic E-state index is 6.14. The molecule has 150 valence electrons. The maximum absolute atomic E-state index is 6.14. The van der Waals surface area contributed by atoms with Crippen molar-refractivity contribution >= 4 is 5.96 Å². The molecule has 2 aliphatic heterocycles. The molecule has 2 N–H and O–H groups in total. The van der Waals surface area contributed by atoms with Crippen LogP contribution in [-0.2, 0) is 4.74 Å². The molecular formula is C22H36N4O. The number of rotatable bonds is 6. The Hall–Kier alpha value is -1.59. The van der Waals surface area contributed by atoms with Gasteiger partial charge < -0.3 is 20.3 Å². The first kappa shape index (κ1) is 20.2. The van der Waals surface area contributed by atoms with Gasteiger partial charge in [0.15, 0.2) is 5.96 Å². The fourth-order valence-corrected chi connectivity index (χ4v) is 4.23. The Morgan fingerprint density at radius 3 is 2.67 bits per heavy atom. The summed E-state index contributed by atoms with van der Waals surface area (Å²) in [7, 11) is 1.86. The number of hydrogen-bond acceptors (Lipinski definition) is 3. The minimum Gasteiger partial charge on any atom is -0.373 e. The smallest absolute Gasteiger partial charge is 0.190 e. The first-order chi connectivity index (χ1) is 13.2. The van der Waals surface area contributed by atoms with Crippen LogP contribution in [0, 0.1) is 18.8 Å². The topological polar surface area (TPSA) is 48.9 Å². The normalized spacial score (nSPS) is 26.9. The average molecular weight is 373 g/mol. The van der Waals surface area contributed by atoms with E-state index in [2.05, 4.69) is 58.6 Å². The zero-order valence-corrected chi connectivity index (χ0v) is 17.2. The van der Waals surface area contributed by atoms with Crippen LogP contribution in [0.25, 0.3) is 0 Å². The fraction of sp³-hybridized carbons (Fsp3) is 0.682. The highest BCUT2D eigenvalue weighted by atomic mass is 16.5. The van der Waals surface area contributed by atoms with Crippen LogP contribution in [0.15, 0.2) is 29.3 Å². The summed E-state index contributed by atoms with van der Waals surface area (Å²) in [5, 5.41) is 7.07. The molecule has 2 heterocycles. The Balaban J connectivity index is 1.49. The zero-order valence-electron chi connectivity index (χ0n) is 17.2. The molecule has 1 aromatic carbocycles. The summed E-state index contributed by atoms with van der Waals surface area (Å²) in [5.41, 5.74) is 2.59. The zero-order chi connectivity index (χ0) is 19.1. The van der Waals surface area contributed by atoms with Gasteiger partial charge >= 0.3 is 0 Å². The van der Waals surface area contributed by atoms with Crippen LogP contribution in [0.4, 0.5) is 0 Å². The Kier molecular flexibility index (Phi) is 7.53. The lowest BCUT2D eigenvalue weighted by Gasteiger charge is -2.32. The Bertz CT molecular complexity index is 601. The van der Waals surface area contributed by atoms with E-state index in [1.807, 2.05) is 7.05 Å². The second-order valence-electron chi connectivity index (χ2n) is 7.99. The molecule has 5 heteroatoms. The van der Waals surface area contributed by atoms with E-state index >= 15 is 0 Å². The first-order valence-corrected chi connectivity index (χ1v) is 10.5. The van der Waals surface area contributed by atoms with Crippen molar-refractivity contribution in [3.8, 4) is 0 Å². The third-order valence-corrected chi connectivity index (χ3v) is 5.98. The van der Waals surface area contributed by atoms with Crippen molar-refractivity contribution in [1.29, 1.82) is 0 Å². The van der Waals surface area contributed by atoms with E-state index in [1.165, 1.54) is 37.1 Å². The number of benzene rings is 1. The molecule has 5 nitrogen and oxygen atoms in total. The van der Waals surface area contributed by atoms with Crippen molar-refractivity contribution in [3.63, 3.8) is 0 Å². The van der Waals surface area contributed by atoms with Gasteiger partial charge in [-0.25, -0.2) is 0 Å². The van der Waals surface area contributed by atoms with Crippen molar-refractivity contribution in [3.05, 3.63) is 35.4 Å². The summed E-state index contributed by atoms with van der Waals surface area (Å²) < 4.78 is 6.14. The predicted molar refractivity (Wildman–Crippen MR) is 112 cm³/mol. The third-order valence-electron chi connectivity index (χ3n) is 5.98. The molecule has 2 fully saturated rings. The molecule has 3 atom stereocenters. The van der Waals surface area contributed by atoms with Crippen molar-refractivity contribution in [1.82, 2.24) is 15.5 Å². The molecule has 0 amide bonds. The summed E-state index contributed by atoms with van der Waals surface area (Å²) in [5.74, 6) is 2.11. The predicted octanol–water partition coefficient (Wildman–Crippen LogP) is 2.97. The largest absolute Gasteiger partial charge is 0.373 e. The van der Waals surface area contributed by atoms with E-state index < -0.39 is 0 Å². The van der Waals surface area contributed by atoms with E-state index in [1.54, 1.807) is 0 Å². The van der Waals surface area contributed by atoms with E-state index in [9.17, 15) is 0 Å². The molecule has 1 aromatic rings. The number of aryl methyl sites for hydroxylation is 1. The van der Waals surface area contributed by atoms with Crippen molar-refractivity contribution in [2.24, 2.45) is 16.8 Å². The lowest BCUT2D eigenvalue weighted by molar-refractivity contribution is -0.0265. The van der Waals surface area contributed by atoms with E-state index in [-0.39, 0.29) is 6.10 Å². The number of ether oxygens (including phenoxy) is 1. The number of aliphatic imine (C=N–C) groups is 1. The molecule has 0 saturated carbocycles. The summed E-state index contributed by atoms with van der Waals surface area (Å²) in [6.45, 7) is 10.7. The molecule has 0 spiro atoms. The summed E-state index contributed by atoms with van der Waals surface area (Å²) in [4.78, 5) is 6.94. The standard InChI is InChI=1S/C22H36N4O/c1-4-26-12-11-18(16-26)14-24-22(23-3)25-15-20-6-5-13-27-21(20)19-9-7-17(2)8-10-19/h7-10,18,20-21H,4-6,11-16H2,1-3H3,(H2,23,24,25). The van der Waals surface area contributed by atoms with Crippen LogP contribution < -0.4 is 10.6 Å². The third kappa shape index (κ3) is 5.69. The van der Waals surface area contributed by atoms with Crippen molar-refractivity contribution in [2.75, 3.05) is 46.4 Å². The van der Waals surface area contributed by atoms with Crippen LogP contribution in [-0.4, -0.2) is 57.2 Å². The van der Waals surface area contributed by atoms with E-state index in [0.717, 1.165) is 44.5 Å². The number of guanidine groups is 1. The van der Waals surface area contributed by atoms with E-state index in [0.29, 0.717) is 5.92 Å². The molecule has 0 bridgehead atoms. The number of nitrogens with one attached hydrogen (secondary N) is 2. The van der Waals surface area contributed by atoms with Crippen molar-refractivity contribution < 1.29 is 4.74 Å². The van der Waals surface area contributed by atoms with Gasteiger partial charge in [0, 0.05) is 39.2 Å². The van der Waals surface area contributed by atoms with Gasteiger partial charge in [-0.3, -0.25) is 4.99 Å². The van der Waals surface area contributed by atoms with Gasteiger partial charge in [0.25, 0.3) is 0 Å². The average Bonchev–Trinajstić information content (AvgIpc) is 3.17. The Morgan fingerprint density at radius 2 is 1.96 bits per heavy atom. The molecule has 3 rings (SSSR count). The minimum absolute atomic E-state index is 0.179. The van der Waals surface area contributed by atoms with Crippen LogP contribution in [0.1, 0.15) is 43.4 Å². The number of hydrogen-bond donors (Lipinski definition) is 2. The second kappa shape index (κ2) is 10.1. The van der Waals surface area contributed by atoms with Gasteiger partial charge in [-0.15, -0.1) is 0 Å². The minimum atomic E-state index is 0.179. The first-order valence-electron chi connectivity index (χ1n) is 10.5. The van der Waals surface area contributed by atoms with Gasteiger partial charge in [-0.05, 0) is 50.8 Å². The van der Waals surface area contributed by atoms with Crippen molar-refractivity contribution in [2.45, 2.75) is 39.2 Å². The number of likely N-dealkylation sites (tertiary alicyclic amines) is 1. The highest BCUT2D eigenvalue weighted by molar-refractivity contribution is 5.79. The summed E-state index contributed by atoms with van der Waals surface area (Å²) in [6.07, 6.45) is 3.79. The lowest BCUT2D eigenvalue weighted by Crippen LogP contribution is -2.43. The summed E-state index contributed by atoms with van der Waals surface area (Å²) in [6, 6.07) is 8.79. The Labute approximate surface area is 164 Å². The molecule has 3 unspecified atom stereocenters. The van der Waals surface area contributed by atoms with Gasteiger partial charge in [0.1, 0.15) is 0 Å². The van der Waals surface area contributed by atoms with Gasteiger partial charge in [0.2, 0.25) is 0 Å². The highest BCUT2D eigenvalue weighted by Crippen LogP contribution is 2.33. The SMILES string of the molecule is CCN1CCC(CNC(=NC)NCC2CCCOC2c2ccc(C)cc2)C1. The molecule has 0 radical (unpaired) electrons. The van der Waals surface area contributed by atoms with Crippen LogP contribution in [0.3, 0.4) is 0 Å². The molecule has 0 aromatic heterocycles. The molecule has 27 heavy (non-hydrogen) atoms. The molecule has 2 aliphatic rings. The fourth-order valence-electron chi connectivity index (χ4n) is 4.23. The second-order valence-corrected chi connectivity index (χ2v) is 7.99. The highest BCUT2D eigenvalue weighted by Gasteiger charge is 2.27. The molecular weight excluding hydrogens is 336 g/mol.